The van der Waals surface area contributed by atoms with Crippen molar-refractivity contribution >= 4 is 16.7 Å². The lowest BCUT2D eigenvalue weighted by Gasteiger charge is -2.10. The van der Waals surface area contributed by atoms with Crippen molar-refractivity contribution in [3.05, 3.63) is 72.6 Å². The number of hydrogen-bond acceptors (Lipinski definition) is 4. The molecule has 0 atom stereocenters. The molecule has 0 saturated heterocycles. The molecule has 0 unspecified atom stereocenters. The van der Waals surface area contributed by atoms with E-state index in [0.717, 1.165) is 27.8 Å². The first-order valence-electron chi connectivity index (χ1n) is 8.21. The van der Waals surface area contributed by atoms with Gasteiger partial charge in [0.05, 0.1) is 5.52 Å². The summed E-state index contributed by atoms with van der Waals surface area (Å²) in [4.78, 5) is 13.6. The van der Waals surface area contributed by atoms with E-state index in [2.05, 4.69) is 64.7 Å². The van der Waals surface area contributed by atoms with Crippen LogP contribution in [0.1, 0.15) is 5.56 Å². The lowest BCUT2D eigenvalue weighted by molar-refractivity contribution is 1.20. The molecule has 0 saturated carbocycles. The van der Waals surface area contributed by atoms with Crippen LogP contribution in [0.3, 0.4) is 0 Å². The number of aromatic nitrogens is 3. The van der Waals surface area contributed by atoms with Gasteiger partial charge in [-0.05, 0) is 42.3 Å². The first-order valence-corrected chi connectivity index (χ1v) is 8.21. The molecule has 0 bridgehead atoms. The standard InChI is InChI=1S/C21H18N4/c1-14-5-7-15(8-6-14)16-9-10-18-19(12-16)24-20(25-21(18)22-2)17-4-3-11-23-13-17/h3-13H,1-2H3,(H,22,24,25). The molecule has 2 aromatic heterocycles. The molecule has 4 aromatic rings. The largest absolute Gasteiger partial charge is 0.373 e. The fourth-order valence-electron chi connectivity index (χ4n) is 2.87. The molecule has 0 radical (unpaired) electrons. The van der Waals surface area contributed by atoms with Crippen LogP contribution in [0.2, 0.25) is 0 Å². The van der Waals surface area contributed by atoms with Gasteiger partial charge < -0.3 is 5.32 Å². The maximum absolute atomic E-state index is 4.77. The van der Waals surface area contributed by atoms with Crippen molar-refractivity contribution in [3.63, 3.8) is 0 Å². The summed E-state index contributed by atoms with van der Waals surface area (Å²) < 4.78 is 0. The van der Waals surface area contributed by atoms with Gasteiger partial charge in [-0.25, -0.2) is 9.97 Å². The summed E-state index contributed by atoms with van der Waals surface area (Å²) in [7, 11) is 1.88. The van der Waals surface area contributed by atoms with Gasteiger partial charge >= 0.3 is 0 Å². The second-order valence-corrected chi connectivity index (χ2v) is 5.99. The summed E-state index contributed by atoms with van der Waals surface area (Å²) in [6.45, 7) is 2.09. The zero-order valence-corrected chi connectivity index (χ0v) is 14.2. The van der Waals surface area contributed by atoms with Crippen LogP contribution >= 0.6 is 0 Å². The van der Waals surface area contributed by atoms with Gasteiger partial charge in [-0.3, -0.25) is 4.98 Å². The van der Waals surface area contributed by atoms with Crippen LogP contribution in [0.15, 0.2) is 67.0 Å². The number of hydrogen-bond donors (Lipinski definition) is 1. The highest BCUT2D eigenvalue weighted by Crippen LogP contribution is 2.29. The number of rotatable bonds is 3. The topological polar surface area (TPSA) is 50.7 Å². The Morgan fingerprint density at radius 1 is 0.840 bits per heavy atom. The Morgan fingerprint density at radius 2 is 1.64 bits per heavy atom. The molecule has 122 valence electrons. The molecule has 1 N–H and O–H groups in total. The first kappa shape index (κ1) is 15.3. The Kier molecular flexibility index (Phi) is 3.86. The number of nitrogens with one attached hydrogen (secondary N) is 1. The van der Waals surface area contributed by atoms with E-state index in [1.807, 2.05) is 19.2 Å². The predicted molar refractivity (Wildman–Crippen MR) is 102 cm³/mol. The van der Waals surface area contributed by atoms with Gasteiger partial charge in [-0.1, -0.05) is 35.9 Å². The Hall–Kier alpha value is -3.27. The van der Waals surface area contributed by atoms with Crippen molar-refractivity contribution in [3.8, 4) is 22.5 Å². The normalized spacial score (nSPS) is 10.8. The van der Waals surface area contributed by atoms with Crippen molar-refractivity contribution < 1.29 is 0 Å². The summed E-state index contributed by atoms with van der Waals surface area (Å²) in [5, 5.41) is 4.18. The van der Waals surface area contributed by atoms with Crippen LogP contribution in [0, 0.1) is 6.92 Å². The van der Waals surface area contributed by atoms with E-state index in [1.165, 1.54) is 11.1 Å². The Labute approximate surface area is 146 Å². The fourth-order valence-corrected chi connectivity index (χ4v) is 2.87. The van der Waals surface area contributed by atoms with Gasteiger partial charge in [-0.15, -0.1) is 0 Å². The molecule has 4 rings (SSSR count). The number of benzene rings is 2. The minimum absolute atomic E-state index is 0.672. The number of aryl methyl sites for hydroxylation is 1. The summed E-state index contributed by atoms with van der Waals surface area (Å²) in [6.07, 6.45) is 3.53. The van der Waals surface area contributed by atoms with Crippen molar-refractivity contribution in [2.24, 2.45) is 0 Å². The Bertz CT molecular complexity index is 1020. The van der Waals surface area contributed by atoms with E-state index < -0.39 is 0 Å². The Morgan fingerprint density at radius 3 is 2.36 bits per heavy atom. The molecule has 0 amide bonds. The van der Waals surface area contributed by atoms with Gasteiger partial charge in [0.1, 0.15) is 5.82 Å². The van der Waals surface area contributed by atoms with Gasteiger partial charge in [0, 0.05) is 30.4 Å². The van der Waals surface area contributed by atoms with Gasteiger partial charge in [0.15, 0.2) is 5.82 Å². The lowest BCUT2D eigenvalue weighted by atomic mass is 10.0. The molecular weight excluding hydrogens is 308 g/mol. The Balaban J connectivity index is 1.89. The van der Waals surface area contributed by atoms with Crippen LogP contribution < -0.4 is 5.32 Å². The highest BCUT2D eigenvalue weighted by Gasteiger charge is 2.10. The second-order valence-electron chi connectivity index (χ2n) is 5.99. The van der Waals surface area contributed by atoms with Gasteiger partial charge in [0.25, 0.3) is 0 Å². The van der Waals surface area contributed by atoms with E-state index in [9.17, 15) is 0 Å². The van der Waals surface area contributed by atoms with Gasteiger partial charge in [0.2, 0.25) is 0 Å². The maximum Gasteiger partial charge on any atom is 0.163 e. The van der Waals surface area contributed by atoms with E-state index in [0.29, 0.717) is 5.82 Å². The van der Waals surface area contributed by atoms with Crippen LogP contribution in [-0.2, 0) is 0 Å². The van der Waals surface area contributed by atoms with E-state index in [4.69, 9.17) is 4.98 Å². The maximum atomic E-state index is 4.77. The summed E-state index contributed by atoms with van der Waals surface area (Å²) >= 11 is 0. The van der Waals surface area contributed by atoms with Crippen molar-refractivity contribution in [2.75, 3.05) is 12.4 Å². The monoisotopic (exact) mass is 326 g/mol. The minimum Gasteiger partial charge on any atom is -0.373 e. The molecule has 4 nitrogen and oxygen atoms in total. The summed E-state index contributed by atoms with van der Waals surface area (Å²) in [5.74, 6) is 1.49. The number of anilines is 1. The molecule has 0 aliphatic rings. The molecule has 2 heterocycles. The van der Waals surface area contributed by atoms with E-state index in [-0.39, 0.29) is 0 Å². The molecule has 2 aromatic carbocycles. The third-order valence-corrected chi connectivity index (χ3v) is 4.24. The number of nitrogens with zero attached hydrogens (tertiary/aromatic N) is 3. The highest BCUT2D eigenvalue weighted by atomic mass is 15.0. The zero-order valence-electron chi connectivity index (χ0n) is 14.2. The molecule has 0 fully saturated rings. The minimum atomic E-state index is 0.672. The van der Waals surface area contributed by atoms with Crippen LogP contribution in [0.5, 0.6) is 0 Å². The molecule has 0 aliphatic heterocycles. The number of fused-ring (bicyclic) bond motifs is 1. The van der Waals surface area contributed by atoms with Crippen LogP contribution in [-0.4, -0.2) is 22.0 Å². The lowest BCUT2D eigenvalue weighted by Crippen LogP contribution is -1.99. The second kappa shape index (κ2) is 6.32. The third kappa shape index (κ3) is 2.94. The van der Waals surface area contributed by atoms with Crippen LogP contribution in [0.4, 0.5) is 5.82 Å². The summed E-state index contributed by atoms with van der Waals surface area (Å²) in [6, 6.07) is 18.7. The average Bonchev–Trinajstić information content (AvgIpc) is 2.68. The third-order valence-electron chi connectivity index (χ3n) is 4.24. The quantitative estimate of drug-likeness (QED) is 0.592. The summed E-state index contributed by atoms with van der Waals surface area (Å²) in [5.41, 5.74) is 5.39. The van der Waals surface area contributed by atoms with Crippen molar-refractivity contribution in [1.29, 1.82) is 0 Å². The predicted octanol–water partition coefficient (Wildman–Crippen LogP) is 4.71. The smallest absolute Gasteiger partial charge is 0.163 e. The van der Waals surface area contributed by atoms with E-state index >= 15 is 0 Å². The van der Waals surface area contributed by atoms with E-state index in [1.54, 1.807) is 12.4 Å². The van der Waals surface area contributed by atoms with Crippen molar-refractivity contribution in [1.82, 2.24) is 15.0 Å². The molecule has 0 spiro atoms. The van der Waals surface area contributed by atoms with Crippen LogP contribution in [0.25, 0.3) is 33.4 Å². The SMILES string of the molecule is CNc1nc(-c2cccnc2)nc2cc(-c3ccc(C)cc3)ccc12. The van der Waals surface area contributed by atoms with Crippen molar-refractivity contribution in [2.45, 2.75) is 6.92 Å². The average molecular weight is 326 g/mol. The highest BCUT2D eigenvalue weighted by molar-refractivity contribution is 5.93. The molecule has 0 aliphatic carbocycles. The van der Waals surface area contributed by atoms with Gasteiger partial charge in [-0.2, -0.15) is 0 Å². The first-order chi connectivity index (χ1) is 12.2. The fraction of sp³-hybridized carbons (Fsp3) is 0.0952. The number of pyridine rings is 1. The molecule has 4 heteroatoms. The molecule has 25 heavy (non-hydrogen) atoms. The molecular formula is C21H18N4. The zero-order chi connectivity index (χ0) is 17.2.